The van der Waals surface area contributed by atoms with E-state index in [0.717, 1.165) is 29.8 Å². The van der Waals surface area contributed by atoms with Crippen LogP contribution in [0.3, 0.4) is 0 Å². The zero-order valence-corrected chi connectivity index (χ0v) is 17.8. The predicted octanol–water partition coefficient (Wildman–Crippen LogP) is 3.52. The second-order valence-electron chi connectivity index (χ2n) is 6.77. The van der Waals surface area contributed by atoms with Crippen molar-refractivity contribution in [2.75, 3.05) is 19.0 Å². The third-order valence-corrected chi connectivity index (χ3v) is 4.93. The second-order valence-corrected chi connectivity index (χ2v) is 7.18. The third-order valence-electron chi connectivity index (χ3n) is 4.58. The third kappa shape index (κ3) is 6.51. The van der Waals surface area contributed by atoms with Crippen LogP contribution >= 0.6 is 11.6 Å². The number of carbonyl (C=O) groups is 1. The molecule has 8 heteroatoms. The molecule has 0 fully saturated rings. The lowest BCUT2D eigenvalue weighted by molar-refractivity contribution is -0.115. The number of amides is 1. The predicted molar refractivity (Wildman–Crippen MR) is 119 cm³/mol. The monoisotopic (exact) mass is 435 g/mol. The number of ether oxygens (including phenoxy) is 1. The van der Waals surface area contributed by atoms with Crippen LogP contribution in [0.5, 0.6) is 5.75 Å². The van der Waals surface area contributed by atoms with E-state index in [0.29, 0.717) is 22.9 Å². The van der Waals surface area contributed by atoms with Crippen molar-refractivity contribution in [2.45, 2.75) is 19.4 Å². The Balaban J connectivity index is 1.48. The van der Waals surface area contributed by atoms with Gasteiger partial charge in [-0.05, 0) is 36.7 Å². The smallest absolute Gasteiger partial charge is 0.230 e. The van der Waals surface area contributed by atoms with E-state index in [-0.39, 0.29) is 18.0 Å². The van der Waals surface area contributed by atoms with Gasteiger partial charge in [-0.2, -0.15) is 5.26 Å². The molecule has 2 aromatic carbocycles. The Kier molecular flexibility index (Phi) is 7.93. The average molecular weight is 436 g/mol. The first-order chi connectivity index (χ1) is 15.1. The molecular formula is C23H22ClN5O2. The molecule has 7 nitrogen and oxygen atoms in total. The molecule has 0 radical (unpaired) electrons. The highest BCUT2D eigenvalue weighted by molar-refractivity contribution is 6.31. The Morgan fingerprint density at radius 1 is 1.16 bits per heavy atom. The fraction of sp³-hybridized carbons (Fsp3) is 0.217. The van der Waals surface area contributed by atoms with Crippen LogP contribution in [0, 0.1) is 11.3 Å². The van der Waals surface area contributed by atoms with Crippen LogP contribution in [0.15, 0.2) is 54.9 Å². The van der Waals surface area contributed by atoms with E-state index in [1.165, 1.54) is 12.4 Å². The van der Waals surface area contributed by atoms with Crippen molar-refractivity contribution in [1.29, 1.82) is 5.26 Å². The summed E-state index contributed by atoms with van der Waals surface area (Å²) >= 11 is 6.40. The Labute approximate surface area is 186 Å². The molecule has 0 saturated carbocycles. The number of benzene rings is 2. The summed E-state index contributed by atoms with van der Waals surface area (Å²) in [4.78, 5) is 20.2. The van der Waals surface area contributed by atoms with Crippen molar-refractivity contribution < 1.29 is 9.53 Å². The maximum absolute atomic E-state index is 12.2. The summed E-state index contributed by atoms with van der Waals surface area (Å²) in [5, 5.41) is 15.5. The van der Waals surface area contributed by atoms with E-state index in [1.54, 1.807) is 13.2 Å². The molecule has 0 saturated heterocycles. The second kappa shape index (κ2) is 11.1. The maximum atomic E-state index is 12.2. The molecule has 31 heavy (non-hydrogen) atoms. The van der Waals surface area contributed by atoms with Crippen molar-refractivity contribution in [3.63, 3.8) is 0 Å². The van der Waals surface area contributed by atoms with E-state index in [2.05, 4.69) is 20.6 Å². The van der Waals surface area contributed by atoms with E-state index >= 15 is 0 Å². The van der Waals surface area contributed by atoms with Gasteiger partial charge in [0.2, 0.25) is 5.91 Å². The molecule has 0 atom stereocenters. The quantitative estimate of drug-likeness (QED) is 0.499. The zero-order chi connectivity index (χ0) is 22.1. The first-order valence-electron chi connectivity index (χ1n) is 9.71. The lowest BCUT2D eigenvalue weighted by Gasteiger charge is -2.11. The highest BCUT2D eigenvalue weighted by Gasteiger charge is 2.08. The van der Waals surface area contributed by atoms with Crippen molar-refractivity contribution in [2.24, 2.45) is 0 Å². The molecule has 3 aromatic rings. The Morgan fingerprint density at radius 2 is 2.00 bits per heavy atom. The number of hydrogen-bond donors (Lipinski definition) is 2. The largest absolute Gasteiger partial charge is 0.496 e. The molecule has 0 aliphatic carbocycles. The Hall–Kier alpha value is -3.47. The summed E-state index contributed by atoms with van der Waals surface area (Å²) in [6.45, 7) is 1.45. The van der Waals surface area contributed by atoms with Gasteiger partial charge in [0.1, 0.15) is 11.8 Å². The molecule has 0 spiro atoms. The number of hydrogen-bond acceptors (Lipinski definition) is 6. The van der Waals surface area contributed by atoms with Crippen LogP contribution < -0.4 is 15.4 Å². The summed E-state index contributed by atoms with van der Waals surface area (Å²) in [7, 11) is 1.66. The van der Waals surface area contributed by atoms with Gasteiger partial charge in [0, 0.05) is 22.8 Å². The number of nitrogens with zero attached hydrogens (tertiary/aromatic N) is 3. The normalized spacial score (nSPS) is 10.4. The van der Waals surface area contributed by atoms with Gasteiger partial charge >= 0.3 is 0 Å². The number of nitriles is 1. The van der Waals surface area contributed by atoms with Crippen LogP contribution in [0.1, 0.15) is 22.5 Å². The highest BCUT2D eigenvalue weighted by atomic mass is 35.5. The summed E-state index contributed by atoms with van der Waals surface area (Å²) in [6.07, 6.45) is 3.58. The lowest BCUT2D eigenvalue weighted by atomic mass is 10.1. The van der Waals surface area contributed by atoms with Crippen LogP contribution in [0.25, 0.3) is 0 Å². The number of para-hydroxylation sites is 1. The van der Waals surface area contributed by atoms with Crippen molar-refractivity contribution in [1.82, 2.24) is 15.3 Å². The highest BCUT2D eigenvalue weighted by Crippen LogP contribution is 2.22. The minimum atomic E-state index is -0.235. The lowest BCUT2D eigenvalue weighted by Crippen LogP contribution is -2.17. The van der Waals surface area contributed by atoms with E-state index < -0.39 is 0 Å². The van der Waals surface area contributed by atoms with Crippen molar-refractivity contribution in [3.05, 3.63) is 82.4 Å². The fourth-order valence-corrected chi connectivity index (χ4v) is 3.27. The first kappa shape index (κ1) is 22.2. The summed E-state index contributed by atoms with van der Waals surface area (Å²) in [6, 6.07) is 15.3. The molecule has 1 heterocycles. The van der Waals surface area contributed by atoms with Gasteiger partial charge in [0.05, 0.1) is 31.6 Å². The SMILES string of the molecule is COc1ccccc1CNCCc1ccc(NC(=O)Cc2cnc(C#N)cn2)cc1Cl. The molecule has 1 amide bonds. The molecule has 1 aromatic heterocycles. The maximum Gasteiger partial charge on any atom is 0.230 e. The van der Waals surface area contributed by atoms with Gasteiger partial charge in [0.15, 0.2) is 5.69 Å². The molecule has 0 bridgehead atoms. The van der Waals surface area contributed by atoms with Crippen molar-refractivity contribution in [3.8, 4) is 11.8 Å². The standard InChI is InChI=1S/C23H22ClN5O2/c1-31-22-5-3-2-4-17(22)13-26-9-8-16-6-7-18(10-21(16)24)29-23(30)11-19-14-28-20(12-25)15-27-19/h2-7,10,14-15,26H,8-9,11,13H2,1H3,(H,29,30). The topological polar surface area (TPSA) is 99.9 Å². The number of anilines is 1. The van der Waals surface area contributed by atoms with Gasteiger partial charge in [-0.1, -0.05) is 35.9 Å². The Bertz CT molecular complexity index is 1080. The molecule has 0 aliphatic rings. The van der Waals surface area contributed by atoms with Crippen LogP contribution in [-0.4, -0.2) is 29.5 Å². The average Bonchev–Trinajstić information content (AvgIpc) is 2.78. The van der Waals surface area contributed by atoms with Crippen LogP contribution in [0.2, 0.25) is 5.02 Å². The number of carbonyl (C=O) groups excluding carboxylic acids is 1. The number of aromatic nitrogens is 2. The van der Waals surface area contributed by atoms with Gasteiger partial charge in [0.25, 0.3) is 0 Å². The molecule has 0 aliphatic heterocycles. The van der Waals surface area contributed by atoms with Gasteiger partial charge in [-0.15, -0.1) is 0 Å². The van der Waals surface area contributed by atoms with E-state index in [9.17, 15) is 4.79 Å². The Morgan fingerprint density at radius 3 is 2.71 bits per heavy atom. The number of methoxy groups -OCH3 is 1. The molecule has 3 rings (SSSR count). The van der Waals surface area contributed by atoms with Crippen LogP contribution in [-0.2, 0) is 24.2 Å². The molecule has 2 N–H and O–H groups in total. The van der Waals surface area contributed by atoms with Gasteiger partial charge in [-0.25, -0.2) is 4.98 Å². The summed E-state index contributed by atoms with van der Waals surface area (Å²) in [5.41, 5.74) is 3.40. The number of nitrogens with one attached hydrogen (secondary N) is 2. The van der Waals surface area contributed by atoms with Gasteiger partial charge in [-0.3, -0.25) is 9.78 Å². The number of halogens is 1. The zero-order valence-electron chi connectivity index (χ0n) is 17.1. The molecule has 0 unspecified atom stereocenters. The fourth-order valence-electron chi connectivity index (χ4n) is 3.00. The minimum Gasteiger partial charge on any atom is -0.496 e. The van der Waals surface area contributed by atoms with Gasteiger partial charge < -0.3 is 15.4 Å². The summed E-state index contributed by atoms with van der Waals surface area (Å²) < 4.78 is 5.36. The van der Waals surface area contributed by atoms with E-state index in [4.69, 9.17) is 21.6 Å². The van der Waals surface area contributed by atoms with E-state index in [1.807, 2.05) is 42.5 Å². The number of rotatable bonds is 9. The van der Waals surface area contributed by atoms with Crippen LogP contribution in [0.4, 0.5) is 5.69 Å². The first-order valence-corrected chi connectivity index (χ1v) is 10.1. The van der Waals surface area contributed by atoms with Crippen molar-refractivity contribution >= 4 is 23.2 Å². The minimum absolute atomic E-state index is 0.0605. The molecule has 158 valence electrons. The summed E-state index contributed by atoms with van der Waals surface area (Å²) in [5.74, 6) is 0.626. The molecular weight excluding hydrogens is 414 g/mol.